The van der Waals surface area contributed by atoms with E-state index >= 15 is 0 Å². The lowest BCUT2D eigenvalue weighted by Gasteiger charge is -2.10. The van der Waals surface area contributed by atoms with E-state index in [1.807, 2.05) is 24.3 Å². The maximum Gasteiger partial charge on any atom is 0.307 e. The minimum Gasteiger partial charge on any atom is -0.493 e. The average Bonchev–Trinajstić information content (AvgIpc) is 3.49. The maximum atomic E-state index is 12.4. The van der Waals surface area contributed by atoms with Gasteiger partial charge < -0.3 is 23.2 Å². The first-order chi connectivity index (χ1) is 17.4. The summed E-state index contributed by atoms with van der Waals surface area (Å²) in [5, 5.41) is 4.42. The van der Waals surface area contributed by atoms with E-state index in [9.17, 15) is 4.79 Å². The van der Waals surface area contributed by atoms with Gasteiger partial charge in [0.15, 0.2) is 17.3 Å². The number of halogens is 1. The lowest BCUT2D eigenvalue weighted by atomic mass is 10.2. The number of rotatable bonds is 9. The van der Waals surface area contributed by atoms with E-state index in [4.69, 9.17) is 30.2 Å². The number of carbonyl (C=O) groups excluding carboxylic acids is 1. The SMILES string of the molecule is COc1cc(Cl)cc(C=NNC(=O)c2ccc(COc3ccc(-n4c(C)ccc4C)cc3)o2)c1OC. The third-order valence-electron chi connectivity index (χ3n) is 5.47. The van der Waals surface area contributed by atoms with Gasteiger partial charge in [-0.05, 0) is 68.4 Å². The Bertz CT molecular complexity index is 1370. The van der Waals surface area contributed by atoms with Crippen LogP contribution in [0.25, 0.3) is 5.69 Å². The van der Waals surface area contributed by atoms with Crippen molar-refractivity contribution in [2.45, 2.75) is 20.5 Å². The van der Waals surface area contributed by atoms with Crippen molar-refractivity contribution in [3.05, 3.63) is 94.2 Å². The first-order valence-electron chi connectivity index (χ1n) is 11.1. The lowest BCUT2D eigenvalue weighted by Crippen LogP contribution is -2.16. The number of nitrogens with zero attached hydrogens (tertiary/aromatic N) is 2. The summed E-state index contributed by atoms with van der Waals surface area (Å²) < 4.78 is 24.2. The van der Waals surface area contributed by atoms with Gasteiger partial charge in [-0.25, -0.2) is 5.43 Å². The average molecular weight is 508 g/mol. The Labute approximate surface area is 214 Å². The summed E-state index contributed by atoms with van der Waals surface area (Å²) in [7, 11) is 3.02. The van der Waals surface area contributed by atoms with Crippen LogP contribution < -0.4 is 19.6 Å². The second-order valence-electron chi connectivity index (χ2n) is 7.93. The highest BCUT2D eigenvalue weighted by molar-refractivity contribution is 6.31. The molecule has 0 spiro atoms. The quantitative estimate of drug-likeness (QED) is 0.232. The number of amides is 1. The van der Waals surface area contributed by atoms with Crippen LogP contribution in [-0.2, 0) is 6.61 Å². The van der Waals surface area contributed by atoms with Gasteiger partial charge >= 0.3 is 5.91 Å². The van der Waals surface area contributed by atoms with E-state index in [1.165, 1.54) is 31.8 Å². The Morgan fingerprint density at radius 1 is 1.03 bits per heavy atom. The molecule has 4 aromatic rings. The van der Waals surface area contributed by atoms with Crippen molar-refractivity contribution in [2.24, 2.45) is 5.10 Å². The third kappa shape index (κ3) is 5.55. The number of nitrogens with one attached hydrogen (secondary N) is 1. The highest BCUT2D eigenvalue weighted by atomic mass is 35.5. The third-order valence-corrected chi connectivity index (χ3v) is 5.69. The van der Waals surface area contributed by atoms with Gasteiger partial charge in [-0.2, -0.15) is 5.10 Å². The standard InChI is InChI=1S/C27H26ClN3O5/c1-17-5-6-18(2)31(17)21-7-9-22(10-8-21)35-16-23-11-12-24(36-23)27(32)30-29-15-19-13-20(28)14-25(33-3)26(19)34-4/h5-15H,16H2,1-4H3,(H,30,32). The van der Waals surface area contributed by atoms with Crippen LogP contribution in [0, 0.1) is 13.8 Å². The molecule has 2 heterocycles. The fourth-order valence-electron chi connectivity index (χ4n) is 3.77. The normalized spacial score (nSPS) is 11.0. The molecule has 186 valence electrons. The molecule has 0 saturated heterocycles. The van der Waals surface area contributed by atoms with Crippen molar-refractivity contribution in [3.8, 4) is 22.9 Å². The summed E-state index contributed by atoms with van der Waals surface area (Å²) >= 11 is 6.10. The summed E-state index contributed by atoms with van der Waals surface area (Å²) in [6, 6.07) is 18.5. The predicted octanol–water partition coefficient (Wildman–Crippen LogP) is 5.70. The van der Waals surface area contributed by atoms with Crippen LogP contribution in [0.3, 0.4) is 0 Å². The van der Waals surface area contributed by atoms with Crippen molar-refractivity contribution in [1.29, 1.82) is 0 Å². The highest BCUT2D eigenvalue weighted by Gasteiger charge is 2.13. The smallest absolute Gasteiger partial charge is 0.307 e. The zero-order valence-electron chi connectivity index (χ0n) is 20.4. The second kappa shape index (κ2) is 11.0. The Morgan fingerprint density at radius 2 is 1.75 bits per heavy atom. The summed E-state index contributed by atoms with van der Waals surface area (Å²) in [4.78, 5) is 12.4. The van der Waals surface area contributed by atoms with Gasteiger partial charge in [0.25, 0.3) is 0 Å². The fraction of sp³-hybridized carbons (Fsp3) is 0.185. The molecule has 4 rings (SSSR count). The van der Waals surface area contributed by atoms with Crippen LogP contribution >= 0.6 is 11.6 Å². The summed E-state index contributed by atoms with van der Waals surface area (Å²) in [5.74, 6) is 1.70. The minimum absolute atomic E-state index is 0.107. The zero-order valence-corrected chi connectivity index (χ0v) is 21.1. The number of benzene rings is 2. The number of furan rings is 1. The molecule has 1 amide bonds. The van der Waals surface area contributed by atoms with Crippen molar-refractivity contribution in [3.63, 3.8) is 0 Å². The molecule has 0 bridgehead atoms. The number of ether oxygens (including phenoxy) is 3. The van der Waals surface area contributed by atoms with Gasteiger partial charge in [-0.3, -0.25) is 4.79 Å². The molecule has 2 aromatic heterocycles. The van der Waals surface area contributed by atoms with Gasteiger partial charge in [0.1, 0.15) is 18.1 Å². The molecule has 0 fully saturated rings. The van der Waals surface area contributed by atoms with Gasteiger partial charge in [0, 0.05) is 33.7 Å². The molecule has 0 aliphatic rings. The molecule has 0 aliphatic carbocycles. The number of hydrogen-bond donors (Lipinski definition) is 1. The van der Waals surface area contributed by atoms with Crippen molar-refractivity contribution < 1.29 is 23.4 Å². The molecule has 2 aromatic carbocycles. The topological polar surface area (TPSA) is 87.2 Å². The molecule has 0 aliphatic heterocycles. The molecular weight excluding hydrogens is 482 g/mol. The van der Waals surface area contributed by atoms with Crippen molar-refractivity contribution in [2.75, 3.05) is 14.2 Å². The highest BCUT2D eigenvalue weighted by Crippen LogP contribution is 2.33. The van der Waals surface area contributed by atoms with E-state index in [0.29, 0.717) is 33.6 Å². The van der Waals surface area contributed by atoms with Crippen LogP contribution in [-0.4, -0.2) is 30.9 Å². The number of hydrogen-bond acceptors (Lipinski definition) is 6. The molecule has 9 heteroatoms. The Hall–Kier alpha value is -4.17. The van der Waals surface area contributed by atoms with Crippen LogP contribution in [0.4, 0.5) is 0 Å². The largest absolute Gasteiger partial charge is 0.493 e. The molecule has 0 saturated carbocycles. The molecular formula is C27H26ClN3O5. The van der Waals surface area contributed by atoms with E-state index in [2.05, 4.69) is 41.1 Å². The maximum absolute atomic E-state index is 12.4. The molecule has 0 unspecified atom stereocenters. The van der Waals surface area contributed by atoms with Crippen LogP contribution in [0.5, 0.6) is 17.2 Å². The summed E-state index contributed by atoms with van der Waals surface area (Å²) in [6.45, 7) is 4.31. The molecule has 0 atom stereocenters. The van der Waals surface area contributed by atoms with E-state index < -0.39 is 5.91 Å². The summed E-state index contributed by atoms with van der Waals surface area (Å²) in [5.41, 5.74) is 6.36. The van der Waals surface area contributed by atoms with Crippen LogP contribution in [0.1, 0.15) is 33.3 Å². The molecule has 8 nitrogen and oxygen atoms in total. The van der Waals surface area contributed by atoms with E-state index in [-0.39, 0.29) is 12.4 Å². The Morgan fingerprint density at radius 3 is 2.42 bits per heavy atom. The fourth-order valence-corrected chi connectivity index (χ4v) is 3.99. The first-order valence-corrected chi connectivity index (χ1v) is 11.5. The second-order valence-corrected chi connectivity index (χ2v) is 8.37. The number of hydrazone groups is 1. The number of aryl methyl sites for hydroxylation is 2. The van der Waals surface area contributed by atoms with Gasteiger partial charge in [0.05, 0.1) is 20.4 Å². The van der Waals surface area contributed by atoms with Gasteiger partial charge in [-0.15, -0.1) is 0 Å². The minimum atomic E-state index is -0.507. The first kappa shape index (κ1) is 24.9. The van der Waals surface area contributed by atoms with Crippen LogP contribution in [0.15, 0.2) is 70.2 Å². The summed E-state index contributed by atoms with van der Waals surface area (Å²) in [6.07, 6.45) is 1.42. The molecule has 36 heavy (non-hydrogen) atoms. The van der Waals surface area contributed by atoms with E-state index in [0.717, 1.165) is 5.69 Å². The van der Waals surface area contributed by atoms with E-state index in [1.54, 1.807) is 24.3 Å². The monoisotopic (exact) mass is 507 g/mol. The van der Waals surface area contributed by atoms with Crippen LogP contribution in [0.2, 0.25) is 5.02 Å². The molecule has 0 radical (unpaired) electrons. The zero-order chi connectivity index (χ0) is 25.7. The Kier molecular flexibility index (Phi) is 7.65. The number of methoxy groups -OCH3 is 2. The number of aromatic nitrogens is 1. The lowest BCUT2D eigenvalue weighted by molar-refractivity contribution is 0.0923. The van der Waals surface area contributed by atoms with Crippen molar-refractivity contribution >= 4 is 23.7 Å². The predicted molar refractivity (Wildman–Crippen MR) is 138 cm³/mol. The van der Waals surface area contributed by atoms with Gasteiger partial charge in [-0.1, -0.05) is 11.6 Å². The van der Waals surface area contributed by atoms with Crippen molar-refractivity contribution in [1.82, 2.24) is 9.99 Å². The number of carbonyl (C=O) groups is 1. The molecule has 1 N–H and O–H groups in total. The Balaban J connectivity index is 1.34. The van der Waals surface area contributed by atoms with Gasteiger partial charge in [0.2, 0.25) is 0 Å².